The van der Waals surface area contributed by atoms with Crippen molar-refractivity contribution in [3.05, 3.63) is 0 Å². The van der Waals surface area contributed by atoms with Crippen LogP contribution in [0.2, 0.25) is 0 Å². The number of hydrogen-bond donors (Lipinski definition) is 3. The number of aliphatic hydroxyl groups is 1. The standard InChI is InChI=1S/C72H140O17P2/c1-9-65(8)51-43-35-26-20-17-18-22-28-38-46-54-71(76)88-67(58-82-69(74)52-44-36-27-21-16-14-12-10-11-13-15-19-24-32-40-48-62(2)3)60-86-90(78,79)84-56-66(73)57-85-91(80,81)87-61-68(59-83-70(75)53-45-37-31-30-34-42-50-64(6)7)89-72(77)55-47-39-29-23-25-33-41-49-63(4)5/h62-68,73H,9-61H2,1-8H3,(H,78,79)(H,80,81)/t65?,66-,67-,68-/m1/s1. The van der Waals surface area contributed by atoms with Gasteiger partial charge in [0.2, 0.25) is 0 Å². The van der Waals surface area contributed by atoms with Gasteiger partial charge in [-0.25, -0.2) is 9.13 Å². The third kappa shape index (κ3) is 65.1. The number of phosphoric ester groups is 2. The van der Waals surface area contributed by atoms with Crippen molar-refractivity contribution >= 4 is 39.5 Å². The van der Waals surface area contributed by atoms with Crippen LogP contribution < -0.4 is 0 Å². The molecule has 0 rings (SSSR count). The summed E-state index contributed by atoms with van der Waals surface area (Å²) in [6.45, 7) is 14.1. The van der Waals surface area contributed by atoms with Crippen LogP contribution in [0.1, 0.15) is 357 Å². The highest BCUT2D eigenvalue weighted by Gasteiger charge is 2.30. The van der Waals surface area contributed by atoms with Gasteiger partial charge in [-0.05, 0) is 49.4 Å². The number of aliphatic hydroxyl groups excluding tert-OH is 1. The molecule has 0 heterocycles. The van der Waals surface area contributed by atoms with Crippen LogP contribution in [-0.2, 0) is 65.4 Å². The van der Waals surface area contributed by atoms with Gasteiger partial charge < -0.3 is 33.8 Å². The van der Waals surface area contributed by atoms with E-state index in [1.165, 1.54) is 154 Å². The van der Waals surface area contributed by atoms with E-state index in [-0.39, 0.29) is 25.7 Å². The Kier molecular flexibility index (Phi) is 60.3. The molecule has 3 unspecified atom stereocenters. The van der Waals surface area contributed by atoms with Crippen molar-refractivity contribution in [2.24, 2.45) is 23.7 Å². The largest absolute Gasteiger partial charge is 0.472 e. The van der Waals surface area contributed by atoms with E-state index in [4.69, 9.17) is 37.0 Å². The predicted molar refractivity (Wildman–Crippen MR) is 367 cm³/mol. The molecule has 0 aromatic carbocycles. The summed E-state index contributed by atoms with van der Waals surface area (Å²) in [6, 6.07) is 0. The normalized spacial score (nSPS) is 14.5. The number of phosphoric acid groups is 2. The molecular weight excluding hydrogens is 1200 g/mol. The van der Waals surface area contributed by atoms with Gasteiger partial charge in [0.15, 0.2) is 12.2 Å². The summed E-state index contributed by atoms with van der Waals surface area (Å²) < 4.78 is 68.3. The summed E-state index contributed by atoms with van der Waals surface area (Å²) in [6.07, 6.45) is 44.7. The van der Waals surface area contributed by atoms with Crippen molar-refractivity contribution in [3.63, 3.8) is 0 Å². The van der Waals surface area contributed by atoms with Crippen LogP contribution >= 0.6 is 15.6 Å². The zero-order valence-corrected chi connectivity index (χ0v) is 61.3. The third-order valence-corrected chi connectivity index (χ3v) is 18.8. The van der Waals surface area contributed by atoms with Gasteiger partial charge in [0, 0.05) is 25.7 Å². The smallest absolute Gasteiger partial charge is 0.462 e. The molecule has 17 nitrogen and oxygen atoms in total. The van der Waals surface area contributed by atoms with E-state index in [1.807, 2.05) is 0 Å². The van der Waals surface area contributed by atoms with Gasteiger partial charge in [-0.3, -0.25) is 37.3 Å². The minimum absolute atomic E-state index is 0.102. The van der Waals surface area contributed by atoms with Gasteiger partial charge in [0.1, 0.15) is 19.3 Å². The summed E-state index contributed by atoms with van der Waals surface area (Å²) in [7, 11) is -9.90. The van der Waals surface area contributed by atoms with E-state index in [0.29, 0.717) is 37.5 Å². The molecule has 0 saturated carbocycles. The van der Waals surface area contributed by atoms with Crippen molar-refractivity contribution < 1.29 is 80.2 Å². The molecule has 91 heavy (non-hydrogen) atoms. The first-order chi connectivity index (χ1) is 43.6. The number of hydrogen-bond acceptors (Lipinski definition) is 15. The Bertz CT molecular complexity index is 1800. The van der Waals surface area contributed by atoms with Crippen LogP contribution in [0.25, 0.3) is 0 Å². The predicted octanol–water partition coefficient (Wildman–Crippen LogP) is 20.5. The molecule has 3 N–H and O–H groups in total. The Morgan fingerprint density at radius 1 is 0.308 bits per heavy atom. The van der Waals surface area contributed by atoms with Crippen molar-refractivity contribution in [1.29, 1.82) is 0 Å². The van der Waals surface area contributed by atoms with E-state index in [2.05, 4.69) is 55.4 Å². The molecule has 19 heteroatoms. The van der Waals surface area contributed by atoms with Gasteiger partial charge in [-0.15, -0.1) is 0 Å². The Morgan fingerprint density at radius 3 is 0.780 bits per heavy atom. The minimum Gasteiger partial charge on any atom is -0.462 e. The molecule has 0 spiro atoms. The van der Waals surface area contributed by atoms with E-state index in [9.17, 15) is 43.2 Å². The van der Waals surface area contributed by atoms with E-state index in [1.54, 1.807) is 0 Å². The number of ether oxygens (including phenoxy) is 4. The summed E-state index contributed by atoms with van der Waals surface area (Å²) >= 11 is 0. The molecule has 0 aliphatic rings. The second kappa shape index (κ2) is 61.6. The first-order valence-electron chi connectivity index (χ1n) is 37.2. The quantitative estimate of drug-likeness (QED) is 0.0222. The number of carbonyl (C=O) groups is 4. The second-order valence-corrected chi connectivity index (χ2v) is 30.6. The van der Waals surface area contributed by atoms with Gasteiger partial charge in [-0.1, -0.05) is 306 Å². The zero-order valence-electron chi connectivity index (χ0n) is 59.5. The summed E-state index contributed by atoms with van der Waals surface area (Å²) in [5, 5.41) is 10.6. The summed E-state index contributed by atoms with van der Waals surface area (Å²) in [4.78, 5) is 72.5. The maximum Gasteiger partial charge on any atom is 0.472 e. The molecule has 0 aliphatic heterocycles. The van der Waals surface area contributed by atoms with Crippen LogP contribution in [0.4, 0.5) is 0 Å². The highest BCUT2D eigenvalue weighted by Crippen LogP contribution is 2.45. The minimum atomic E-state index is -4.95. The fourth-order valence-electron chi connectivity index (χ4n) is 10.8. The van der Waals surface area contributed by atoms with E-state index < -0.39 is 97.5 Å². The molecule has 0 radical (unpaired) electrons. The lowest BCUT2D eigenvalue weighted by atomic mass is 9.99. The number of unbranched alkanes of at least 4 members (excludes halogenated alkanes) is 34. The van der Waals surface area contributed by atoms with Gasteiger partial charge in [-0.2, -0.15) is 0 Å². The molecule has 0 saturated heterocycles. The van der Waals surface area contributed by atoms with Crippen LogP contribution in [0.15, 0.2) is 0 Å². The molecule has 0 fully saturated rings. The zero-order chi connectivity index (χ0) is 67.5. The lowest BCUT2D eigenvalue weighted by Gasteiger charge is -2.21. The van der Waals surface area contributed by atoms with Crippen LogP contribution in [-0.4, -0.2) is 96.7 Å². The molecule has 0 aliphatic carbocycles. The first kappa shape index (κ1) is 89.1. The second-order valence-electron chi connectivity index (χ2n) is 27.6. The van der Waals surface area contributed by atoms with Crippen molar-refractivity contribution in [2.45, 2.75) is 375 Å². The summed E-state index contributed by atoms with van der Waals surface area (Å²) in [5.74, 6) is 0.854. The van der Waals surface area contributed by atoms with Gasteiger partial charge in [0.05, 0.1) is 26.4 Å². The maximum absolute atomic E-state index is 13.0. The molecule has 0 aromatic heterocycles. The molecule has 540 valence electrons. The van der Waals surface area contributed by atoms with Crippen molar-refractivity contribution in [1.82, 2.24) is 0 Å². The Hall–Kier alpha value is -1.94. The first-order valence-corrected chi connectivity index (χ1v) is 40.2. The lowest BCUT2D eigenvalue weighted by Crippen LogP contribution is -2.30. The highest BCUT2D eigenvalue weighted by atomic mass is 31.2. The fraction of sp³-hybridized carbons (Fsp3) is 0.944. The van der Waals surface area contributed by atoms with Crippen molar-refractivity contribution in [3.8, 4) is 0 Å². The van der Waals surface area contributed by atoms with E-state index >= 15 is 0 Å². The molecular formula is C72H140O17P2. The number of esters is 4. The Balaban J connectivity index is 5.21. The average molecular weight is 1340 g/mol. The number of carbonyl (C=O) groups excluding carboxylic acids is 4. The average Bonchev–Trinajstić information content (AvgIpc) is 3.03. The van der Waals surface area contributed by atoms with Gasteiger partial charge >= 0.3 is 39.5 Å². The van der Waals surface area contributed by atoms with Gasteiger partial charge in [0.25, 0.3) is 0 Å². The Morgan fingerprint density at radius 2 is 0.527 bits per heavy atom. The maximum atomic E-state index is 13.0. The van der Waals surface area contributed by atoms with Crippen LogP contribution in [0, 0.1) is 23.7 Å². The SMILES string of the molecule is CCC(C)CCCCCCCCCCCCC(=O)O[C@H](COC(=O)CCCCCCCCCCCCCCCCCC(C)C)COP(=O)(O)OC[C@@H](O)COP(=O)(O)OC[C@@H](COC(=O)CCCCCCCCC(C)C)OC(=O)CCCCCCCCCC(C)C. The molecule has 0 amide bonds. The summed E-state index contributed by atoms with van der Waals surface area (Å²) in [5.41, 5.74) is 0. The molecule has 0 bridgehead atoms. The van der Waals surface area contributed by atoms with Crippen LogP contribution in [0.5, 0.6) is 0 Å². The monoisotopic (exact) mass is 1340 g/mol. The highest BCUT2D eigenvalue weighted by molar-refractivity contribution is 7.47. The van der Waals surface area contributed by atoms with Crippen LogP contribution in [0.3, 0.4) is 0 Å². The molecule has 0 aromatic rings. The molecule has 6 atom stereocenters. The number of rotatable bonds is 69. The topological polar surface area (TPSA) is 237 Å². The van der Waals surface area contributed by atoms with E-state index in [0.717, 1.165) is 108 Å². The lowest BCUT2D eigenvalue weighted by molar-refractivity contribution is -0.161. The van der Waals surface area contributed by atoms with Crippen molar-refractivity contribution in [2.75, 3.05) is 39.6 Å². The third-order valence-electron chi connectivity index (χ3n) is 16.9. The fourth-order valence-corrected chi connectivity index (χ4v) is 12.4. The Labute approximate surface area is 556 Å².